The normalized spacial score (nSPS) is 20.0. The molecule has 10 nitrogen and oxygen atoms in total. The summed E-state index contributed by atoms with van der Waals surface area (Å²) in [6.07, 6.45) is -4.73. The molecule has 1 atom stereocenters. The predicted octanol–water partition coefficient (Wildman–Crippen LogP) is 2.97. The van der Waals surface area contributed by atoms with Crippen molar-refractivity contribution in [2.75, 3.05) is 6.54 Å². The van der Waals surface area contributed by atoms with Gasteiger partial charge in [-0.3, -0.25) is 9.88 Å². The van der Waals surface area contributed by atoms with Crippen LogP contribution in [0.15, 0.2) is 28.7 Å². The van der Waals surface area contributed by atoms with E-state index >= 15 is 0 Å². The highest BCUT2D eigenvalue weighted by Crippen LogP contribution is 2.49. The van der Waals surface area contributed by atoms with Gasteiger partial charge in [-0.1, -0.05) is 0 Å². The van der Waals surface area contributed by atoms with Crippen molar-refractivity contribution in [2.24, 2.45) is 10.2 Å². The third kappa shape index (κ3) is 5.54. The van der Waals surface area contributed by atoms with Crippen molar-refractivity contribution in [3.8, 4) is 11.4 Å². The van der Waals surface area contributed by atoms with E-state index in [4.69, 9.17) is 9.90 Å². The van der Waals surface area contributed by atoms with E-state index in [-0.39, 0.29) is 12.5 Å². The molecule has 2 N–H and O–H groups in total. The van der Waals surface area contributed by atoms with E-state index < -0.39 is 24.0 Å². The highest BCUT2D eigenvalue weighted by molar-refractivity contribution is 5.73. The fraction of sp³-hybridized carbons (Fsp3) is 0.562. The maximum absolute atomic E-state index is 13.1. The standard InChI is InChI=1S/C14H15F3N8.C2HF3O2/c15-14(16,17)13(21-22-13)5-11-2-1-3-25(11)8-9-4-10(7-18-6-9)12-19-23-24-20-12;3-2(4,5)1(6)7/h4,6-7,11H,1-3,5,8H2,(H,19,20,23,24);(H,6,7). The quantitative estimate of drug-likeness (QED) is 0.648. The van der Waals surface area contributed by atoms with Crippen LogP contribution in [0.3, 0.4) is 0 Å². The number of tetrazole rings is 1. The largest absolute Gasteiger partial charge is 0.490 e. The van der Waals surface area contributed by atoms with Crippen molar-refractivity contribution < 1.29 is 36.2 Å². The smallest absolute Gasteiger partial charge is 0.475 e. The van der Waals surface area contributed by atoms with Crippen molar-refractivity contribution in [1.29, 1.82) is 0 Å². The van der Waals surface area contributed by atoms with Gasteiger partial charge in [-0.15, -0.1) is 20.4 Å². The molecule has 1 unspecified atom stereocenters. The number of aliphatic carboxylic acids is 1. The van der Waals surface area contributed by atoms with Crippen LogP contribution in [-0.4, -0.2) is 72.2 Å². The van der Waals surface area contributed by atoms with Gasteiger partial charge in [0.15, 0.2) is 0 Å². The predicted molar refractivity (Wildman–Crippen MR) is 92.8 cm³/mol. The molecule has 0 aliphatic carbocycles. The molecule has 0 bridgehead atoms. The SMILES string of the molecule is FC(F)(F)C1(CC2CCCN2Cc2cncc(-c3nn[nH]n3)c2)N=N1.O=C(O)C(F)(F)F. The third-order valence-corrected chi connectivity index (χ3v) is 4.84. The molecule has 4 rings (SSSR count). The molecule has 0 saturated carbocycles. The van der Waals surface area contributed by atoms with Crippen LogP contribution in [0.1, 0.15) is 24.8 Å². The van der Waals surface area contributed by atoms with Crippen molar-refractivity contribution in [2.45, 2.75) is 49.9 Å². The first-order chi connectivity index (χ1) is 14.9. The van der Waals surface area contributed by atoms with Crippen LogP contribution in [-0.2, 0) is 11.3 Å². The summed E-state index contributed by atoms with van der Waals surface area (Å²) in [5.74, 6) is -2.33. The number of likely N-dealkylation sites (tertiary alicyclic amines) is 1. The van der Waals surface area contributed by atoms with Crippen LogP contribution >= 0.6 is 0 Å². The number of halogens is 6. The van der Waals surface area contributed by atoms with Gasteiger partial charge >= 0.3 is 18.3 Å². The zero-order valence-electron chi connectivity index (χ0n) is 16.1. The first-order valence-electron chi connectivity index (χ1n) is 9.14. The van der Waals surface area contributed by atoms with Crippen LogP contribution in [0, 0.1) is 0 Å². The Kier molecular flexibility index (Phi) is 6.43. The number of nitrogens with one attached hydrogen (secondary N) is 1. The van der Waals surface area contributed by atoms with Crippen molar-refractivity contribution >= 4 is 5.97 Å². The molecule has 4 heterocycles. The van der Waals surface area contributed by atoms with Crippen molar-refractivity contribution in [1.82, 2.24) is 30.5 Å². The zero-order chi connectivity index (χ0) is 23.6. The van der Waals surface area contributed by atoms with E-state index in [0.29, 0.717) is 24.4 Å². The van der Waals surface area contributed by atoms with Crippen LogP contribution in [0.25, 0.3) is 11.4 Å². The molecule has 0 radical (unpaired) electrons. The Bertz CT molecular complexity index is 956. The van der Waals surface area contributed by atoms with Gasteiger partial charge in [-0.25, -0.2) is 4.79 Å². The maximum Gasteiger partial charge on any atom is 0.490 e. The molecule has 0 amide bonds. The van der Waals surface area contributed by atoms with Crippen LogP contribution in [0.4, 0.5) is 26.3 Å². The molecular formula is C16H16F6N8O2. The maximum atomic E-state index is 13.1. The molecular weight excluding hydrogens is 450 g/mol. The lowest BCUT2D eigenvalue weighted by Gasteiger charge is -2.27. The van der Waals surface area contributed by atoms with E-state index in [1.165, 1.54) is 0 Å². The molecule has 2 aliphatic rings. The third-order valence-electron chi connectivity index (χ3n) is 4.84. The van der Waals surface area contributed by atoms with E-state index in [0.717, 1.165) is 18.5 Å². The monoisotopic (exact) mass is 466 g/mol. The summed E-state index contributed by atoms with van der Waals surface area (Å²) in [5.41, 5.74) is -0.591. The number of aromatic amines is 1. The highest BCUT2D eigenvalue weighted by atomic mass is 19.4. The second-order valence-corrected chi connectivity index (χ2v) is 7.11. The van der Waals surface area contributed by atoms with Crippen molar-refractivity contribution in [3.05, 3.63) is 24.0 Å². The van der Waals surface area contributed by atoms with E-state index in [2.05, 4.69) is 35.8 Å². The number of hydrogen-bond donors (Lipinski definition) is 2. The van der Waals surface area contributed by atoms with E-state index in [1.54, 1.807) is 12.4 Å². The molecule has 174 valence electrons. The molecule has 2 aromatic heterocycles. The molecule has 16 heteroatoms. The fourth-order valence-electron chi connectivity index (χ4n) is 3.25. The average Bonchev–Trinajstić information content (AvgIpc) is 3.10. The molecule has 2 aliphatic heterocycles. The summed E-state index contributed by atoms with van der Waals surface area (Å²) >= 11 is 0. The minimum Gasteiger partial charge on any atom is -0.475 e. The molecule has 2 aromatic rings. The Morgan fingerprint density at radius 3 is 2.44 bits per heavy atom. The van der Waals surface area contributed by atoms with Gasteiger partial charge in [0, 0.05) is 37.0 Å². The summed E-state index contributed by atoms with van der Waals surface area (Å²) < 4.78 is 71.0. The molecule has 0 spiro atoms. The average molecular weight is 466 g/mol. The number of H-pyrrole nitrogens is 1. The topological polar surface area (TPSA) is 133 Å². The number of hydrogen-bond acceptors (Lipinski definition) is 8. The highest BCUT2D eigenvalue weighted by Gasteiger charge is 2.64. The number of pyridine rings is 1. The van der Waals surface area contributed by atoms with Gasteiger partial charge in [0.05, 0.1) is 0 Å². The lowest BCUT2D eigenvalue weighted by atomic mass is 10.0. The lowest BCUT2D eigenvalue weighted by Crippen LogP contribution is -2.40. The zero-order valence-corrected chi connectivity index (χ0v) is 16.1. The van der Waals surface area contributed by atoms with Crippen LogP contribution in [0.5, 0.6) is 0 Å². The Morgan fingerprint density at radius 1 is 1.22 bits per heavy atom. The Labute approximate surface area is 175 Å². The fourth-order valence-corrected chi connectivity index (χ4v) is 3.25. The first kappa shape index (κ1) is 23.5. The molecule has 1 fully saturated rings. The number of nitrogens with zero attached hydrogens (tertiary/aromatic N) is 7. The Morgan fingerprint density at radius 2 is 1.91 bits per heavy atom. The van der Waals surface area contributed by atoms with Crippen LogP contribution in [0.2, 0.25) is 0 Å². The number of aromatic nitrogens is 5. The molecule has 0 aromatic carbocycles. The number of carbonyl (C=O) groups is 1. The second-order valence-electron chi connectivity index (χ2n) is 7.11. The Balaban J connectivity index is 0.000000360. The van der Waals surface area contributed by atoms with Gasteiger partial charge in [0.1, 0.15) is 0 Å². The molecule has 1 saturated heterocycles. The van der Waals surface area contributed by atoms with E-state index in [1.807, 2.05) is 11.0 Å². The Hall–Kier alpha value is -3.17. The summed E-state index contributed by atoms with van der Waals surface area (Å²) in [4.78, 5) is 15.1. The van der Waals surface area contributed by atoms with Gasteiger partial charge < -0.3 is 5.11 Å². The molecule has 32 heavy (non-hydrogen) atoms. The minimum absolute atomic E-state index is 0.117. The van der Waals surface area contributed by atoms with Crippen molar-refractivity contribution in [3.63, 3.8) is 0 Å². The van der Waals surface area contributed by atoms with Gasteiger partial charge in [-0.2, -0.15) is 31.6 Å². The summed E-state index contributed by atoms with van der Waals surface area (Å²) in [5, 5.41) is 27.4. The summed E-state index contributed by atoms with van der Waals surface area (Å²) in [7, 11) is 0. The lowest BCUT2D eigenvalue weighted by molar-refractivity contribution is -0.192. The minimum atomic E-state index is -5.08. The first-order valence-corrected chi connectivity index (χ1v) is 9.14. The van der Waals surface area contributed by atoms with Gasteiger partial charge in [0.2, 0.25) is 5.82 Å². The number of alkyl halides is 6. The second kappa shape index (κ2) is 8.76. The number of carboxylic acids is 1. The summed E-state index contributed by atoms with van der Waals surface area (Å²) in [6.45, 7) is 1.25. The van der Waals surface area contributed by atoms with Crippen LogP contribution < -0.4 is 0 Å². The van der Waals surface area contributed by atoms with Gasteiger partial charge in [0.25, 0.3) is 5.66 Å². The van der Waals surface area contributed by atoms with E-state index in [9.17, 15) is 26.3 Å². The van der Waals surface area contributed by atoms with Gasteiger partial charge in [-0.05, 0) is 36.2 Å². The summed E-state index contributed by atoms with van der Waals surface area (Å²) in [6, 6.07) is 1.67. The number of carboxylic acid groups (broad SMARTS) is 1. The number of rotatable bonds is 5.